The number of hydrogen-bond acceptors (Lipinski definition) is 3. The summed E-state index contributed by atoms with van der Waals surface area (Å²) in [7, 11) is 2.20. The first-order valence-electron chi connectivity index (χ1n) is 6.90. The zero-order valence-electron chi connectivity index (χ0n) is 11.6. The normalized spacial score (nSPS) is 20.6. The van der Waals surface area contributed by atoms with Crippen molar-refractivity contribution in [2.45, 2.75) is 19.4 Å². The highest BCUT2D eigenvalue weighted by atomic mass is 15.2. The molecule has 1 aromatic carbocycles. The van der Waals surface area contributed by atoms with E-state index in [1.165, 1.54) is 24.1 Å². The van der Waals surface area contributed by atoms with E-state index in [0.29, 0.717) is 12.6 Å². The predicted octanol–water partition coefficient (Wildman–Crippen LogP) is 1.63. The lowest BCUT2D eigenvalue weighted by molar-refractivity contribution is 0.208. The molecule has 1 heterocycles. The van der Waals surface area contributed by atoms with Crippen LogP contribution in [0.3, 0.4) is 0 Å². The molecule has 0 amide bonds. The molecule has 18 heavy (non-hydrogen) atoms. The Morgan fingerprint density at radius 1 is 1.22 bits per heavy atom. The van der Waals surface area contributed by atoms with Crippen molar-refractivity contribution >= 4 is 0 Å². The molecule has 0 radical (unpaired) electrons. The van der Waals surface area contributed by atoms with Gasteiger partial charge in [0.1, 0.15) is 0 Å². The van der Waals surface area contributed by atoms with Crippen molar-refractivity contribution in [2.24, 2.45) is 5.73 Å². The van der Waals surface area contributed by atoms with Crippen LogP contribution in [0, 0.1) is 6.92 Å². The van der Waals surface area contributed by atoms with E-state index in [9.17, 15) is 0 Å². The second-order valence-electron chi connectivity index (χ2n) is 5.36. The van der Waals surface area contributed by atoms with Gasteiger partial charge in [0.25, 0.3) is 0 Å². The van der Waals surface area contributed by atoms with Gasteiger partial charge in [-0.25, -0.2) is 0 Å². The molecule has 100 valence electrons. The van der Waals surface area contributed by atoms with E-state index in [4.69, 9.17) is 5.73 Å². The van der Waals surface area contributed by atoms with Crippen LogP contribution >= 0.6 is 0 Å². The van der Waals surface area contributed by atoms with Gasteiger partial charge in [0.15, 0.2) is 0 Å². The van der Waals surface area contributed by atoms with Crippen LogP contribution in [0.2, 0.25) is 0 Å². The molecule has 0 spiro atoms. The molecule has 1 aliphatic rings. The molecular weight excluding hydrogens is 222 g/mol. The van der Waals surface area contributed by atoms with Gasteiger partial charge in [-0.3, -0.25) is 4.90 Å². The van der Waals surface area contributed by atoms with E-state index in [1.807, 2.05) is 0 Å². The van der Waals surface area contributed by atoms with Crippen molar-refractivity contribution in [3.8, 4) is 0 Å². The maximum absolute atomic E-state index is 6.02. The Hall–Kier alpha value is -0.900. The predicted molar refractivity (Wildman–Crippen MR) is 76.7 cm³/mol. The fourth-order valence-corrected chi connectivity index (χ4v) is 2.75. The van der Waals surface area contributed by atoms with Gasteiger partial charge in [0, 0.05) is 32.2 Å². The smallest absolute Gasteiger partial charge is 0.0471 e. The molecule has 3 nitrogen and oxygen atoms in total. The first kappa shape index (κ1) is 13.5. The van der Waals surface area contributed by atoms with E-state index < -0.39 is 0 Å². The van der Waals surface area contributed by atoms with Crippen molar-refractivity contribution in [1.29, 1.82) is 0 Å². The molecule has 0 aliphatic carbocycles. The number of hydrogen-bond donors (Lipinski definition) is 1. The van der Waals surface area contributed by atoms with Crippen LogP contribution in [-0.4, -0.2) is 49.6 Å². The van der Waals surface area contributed by atoms with Crippen LogP contribution in [0.4, 0.5) is 0 Å². The third kappa shape index (κ3) is 3.31. The maximum atomic E-state index is 6.02. The molecule has 1 atom stereocenters. The lowest BCUT2D eigenvalue weighted by Gasteiger charge is -2.30. The standard InChI is InChI=1S/C15H25N3/c1-13-5-3-6-14(11-13)15(12-16)18-8-4-7-17(2)9-10-18/h3,5-6,11,15H,4,7-10,12,16H2,1-2H3. The number of rotatable bonds is 3. The summed E-state index contributed by atoms with van der Waals surface area (Å²) in [6.45, 7) is 7.46. The summed E-state index contributed by atoms with van der Waals surface area (Å²) < 4.78 is 0. The first-order valence-corrected chi connectivity index (χ1v) is 6.90. The Bertz CT molecular complexity index is 378. The molecular formula is C15H25N3. The third-order valence-corrected chi connectivity index (χ3v) is 3.85. The van der Waals surface area contributed by atoms with Crippen molar-refractivity contribution in [2.75, 3.05) is 39.8 Å². The summed E-state index contributed by atoms with van der Waals surface area (Å²) in [5.74, 6) is 0. The first-order chi connectivity index (χ1) is 8.70. The highest BCUT2D eigenvalue weighted by Crippen LogP contribution is 2.21. The van der Waals surface area contributed by atoms with Crippen LogP contribution in [0.15, 0.2) is 24.3 Å². The van der Waals surface area contributed by atoms with Crippen LogP contribution in [0.25, 0.3) is 0 Å². The molecule has 2 rings (SSSR count). The highest BCUT2D eigenvalue weighted by molar-refractivity contribution is 5.25. The summed E-state index contributed by atoms with van der Waals surface area (Å²) in [6, 6.07) is 9.13. The minimum absolute atomic E-state index is 0.372. The zero-order chi connectivity index (χ0) is 13.0. The Kier molecular flexibility index (Phi) is 4.75. The molecule has 1 unspecified atom stereocenters. The minimum Gasteiger partial charge on any atom is -0.329 e. The van der Waals surface area contributed by atoms with Crippen LogP contribution < -0.4 is 5.73 Å². The van der Waals surface area contributed by atoms with Gasteiger partial charge >= 0.3 is 0 Å². The number of likely N-dealkylation sites (N-methyl/N-ethyl adjacent to an activating group) is 1. The fraction of sp³-hybridized carbons (Fsp3) is 0.600. The molecule has 2 N–H and O–H groups in total. The lowest BCUT2D eigenvalue weighted by Crippen LogP contribution is -2.36. The van der Waals surface area contributed by atoms with Gasteiger partial charge in [-0.15, -0.1) is 0 Å². The van der Waals surface area contributed by atoms with E-state index in [1.54, 1.807) is 0 Å². The van der Waals surface area contributed by atoms with Gasteiger partial charge in [-0.05, 0) is 32.5 Å². The Morgan fingerprint density at radius 3 is 2.78 bits per heavy atom. The third-order valence-electron chi connectivity index (χ3n) is 3.85. The highest BCUT2D eigenvalue weighted by Gasteiger charge is 2.21. The van der Waals surface area contributed by atoms with Gasteiger partial charge < -0.3 is 10.6 Å². The second-order valence-corrected chi connectivity index (χ2v) is 5.36. The summed E-state index contributed by atoms with van der Waals surface area (Å²) in [5.41, 5.74) is 8.70. The SMILES string of the molecule is Cc1cccc(C(CN)N2CCCN(C)CC2)c1. The quantitative estimate of drug-likeness (QED) is 0.881. The van der Waals surface area contributed by atoms with Gasteiger partial charge in [-0.2, -0.15) is 0 Å². The van der Waals surface area contributed by atoms with Gasteiger partial charge in [0.05, 0.1) is 0 Å². The Morgan fingerprint density at radius 2 is 2.06 bits per heavy atom. The topological polar surface area (TPSA) is 32.5 Å². The van der Waals surface area contributed by atoms with Crippen LogP contribution in [0.5, 0.6) is 0 Å². The van der Waals surface area contributed by atoms with Crippen molar-refractivity contribution in [3.63, 3.8) is 0 Å². The van der Waals surface area contributed by atoms with Gasteiger partial charge in [0.2, 0.25) is 0 Å². The van der Waals surface area contributed by atoms with Crippen molar-refractivity contribution in [3.05, 3.63) is 35.4 Å². The number of nitrogens with zero attached hydrogens (tertiary/aromatic N) is 2. The molecule has 1 saturated heterocycles. The monoisotopic (exact) mass is 247 g/mol. The maximum Gasteiger partial charge on any atom is 0.0471 e. The molecule has 1 aliphatic heterocycles. The summed E-state index contributed by atoms with van der Waals surface area (Å²) >= 11 is 0. The number of nitrogens with two attached hydrogens (primary N) is 1. The summed E-state index contributed by atoms with van der Waals surface area (Å²) in [5, 5.41) is 0. The van der Waals surface area contributed by atoms with Crippen LogP contribution in [0.1, 0.15) is 23.6 Å². The van der Waals surface area contributed by atoms with E-state index in [0.717, 1.165) is 19.6 Å². The van der Waals surface area contributed by atoms with E-state index >= 15 is 0 Å². The molecule has 0 bridgehead atoms. The summed E-state index contributed by atoms with van der Waals surface area (Å²) in [6.07, 6.45) is 1.23. The molecule has 0 aromatic heterocycles. The largest absolute Gasteiger partial charge is 0.329 e. The molecule has 3 heteroatoms. The van der Waals surface area contributed by atoms with Gasteiger partial charge in [-0.1, -0.05) is 29.8 Å². The molecule has 1 aromatic rings. The minimum atomic E-state index is 0.372. The lowest BCUT2D eigenvalue weighted by atomic mass is 10.0. The Labute approximate surface area is 111 Å². The van der Waals surface area contributed by atoms with Crippen molar-refractivity contribution in [1.82, 2.24) is 9.80 Å². The molecule has 0 saturated carbocycles. The zero-order valence-corrected chi connectivity index (χ0v) is 11.6. The van der Waals surface area contributed by atoms with E-state index in [2.05, 4.69) is 48.0 Å². The molecule has 1 fully saturated rings. The summed E-state index contributed by atoms with van der Waals surface area (Å²) in [4.78, 5) is 4.95. The fourth-order valence-electron chi connectivity index (χ4n) is 2.75. The van der Waals surface area contributed by atoms with E-state index in [-0.39, 0.29) is 0 Å². The average molecular weight is 247 g/mol. The number of aryl methyl sites for hydroxylation is 1. The average Bonchev–Trinajstić information content (AvgIpc) is 2.56. The van der Waals surface area contributed by atoms with Crippen LogP contribution in [-0.2, 0) is 0 Å². The number of benzene rings is 1. The second kappa shape index (κ2) is 6.32. The van der Waals surface area contributed by atoms with Crippen molar-refractivity contribution < 1.29 is 0 Å². The Balaban J connectivity index is 2.12.